The van der Waals surface area contributed by atoms with E-state index < -0.39 is 20.0 Å². The number of carbonyl (C=O) groups is 2. The van der Waals surface area contributed by atoms with Crippen LogP contribution in [0, 0.1) is 0 Å². The Morgan fingerprint density at radius 3 is 1.19 bits per heavy atom. The Hall–Kier alpha value is -2.29. The van der Waals surface area contributed by atoms with E-state index in [9.17, 15) is 19.0 Å². The molecule has 0 heterocycles. The molecule has 0 aliphatic heterocycles. The molecule has 1 amide bonds. The van der Waals surface area contributed by atoms with Gasteiger partial charge in [-0.2, -0.15) is 0 Å². The van der Waals surface area contributed by atoms with Gasteiger partial charge < -0.3 is 19.4 Å². The fourth-order valence-corrected chi connectivity index (χ4v) is 10.3. The summed E-state index contributed by atoms with van der Waals surface area (Å²) in [7, 11) is 1.50. The molecule has 0 bridgehead atoms. The third-order valence-electron chi connectivity index (χ3n) is 14.7. The van der Waals surface area contributed by atoms with Crippen molar-refractivity contribution in [3.8, 4) is 0 Å². The Balaban J connectivity index is 5.15. The van der Waals surface area contributed by atoms with E-state index in [0.717, 1.165) is 83.5 Å². The number of rotatable bonds is 60. The van der Waals surface area contributed by atoms with E-state index in [4.69, 9.17) is 13.8 Å². The topological polar surface area (TPSA) is 111 Å². The van der Waals surface area contributed by atoms with Crippen LogP contribution in [-0.4, -0.2) is 74.3 Å². The molecule has 0 aromatic heterocycles. The summed E-state index contributed by atoms with van der Waals surface area (Å²) in [5.41, 5.74) is 0. The molecule has 9 nitrogen and oxygen atoms in total. The van der Waals surface area contributed by atoms with Gasteiger partial charge in [0.1, 0.15) is 19.3 Å². The number of ether oxygens (including phenoxy) is 1. The van der Waals surface area contributed by atoms with Gasteiger partial charge in [0.2, 0.25) is 5.91 Å². The number of likely N-dealkylation sites (N-methyl/N-ethyl adjacent to an activating group) is 1. The molecule has 3 unspecified atom stereocenters. The number of nitrogens with zero attached hydrogens (tertiary/aromatic N) is 1. The molecule has 2 N–H and O–H groups in total. The monoisotopic (exact) mass is 1120 g/mol. The highest BCUT2D eigenvalue weighted by Crippen LogP contribution is 2.43. The zero-order chi connectivity index (χ0) is 57.2. The molecular weight excluding hydrogens is 988 g/mol. The number of hydrogen-bond acceptors (Lipinski definition) is 6. The minimum absolute atomic E-state index is 0.0397. The van der Waals surface area contributed by atoms with Crippen LogP contribution in [0.5, 0.6) is 0 Å². The van der Waals surface area contributed by atoms with Gasteiger partial charge in [0, 0.05) is 12.8 Å². The van der Waals surface area contributed by atoms with Crippen LogP contribution in [0.3, 0.4) is 0 Å². The van der Waals surface area contributed by atoms with Crippen molar-refractivity contribution in [3.63, 3.8) is 0 Å². The number of esters is 1. The lowest BCUT2D eigenvalue weighted by Crippen LogP contribution is -2.47. The number of allylic oxidation sites excluding steroid dienone is 9. The van der Waals surface area contributed by atoms with Crippen LogP contribution in [0.25, 0.3) is 0 Å². The molecule has 0 fully saturated rings. The summed E-state index contributed by atoms with van der Waals surface area (Å²) < 4.78 is 30.8. The maximum atomic E-state index is 13.5. The summed E-state index contributed by atoms with van der Waals surface area (Å²) >= 11 is 0. The highest BCUT2D eigenvalue weighted by Gasteiger charge is 2.30. The Morgan fingerprint density at radius 2 is 0.782 bits per heavy atom. The fourth-order valence-electron chi connectivity index (χ4n) is 9.57. The number of phosphoric acid groups is 1. The molecule has 0 saturated carbocycles. The van der Waals surface area contributed by atoms with Crippen molar-refractivity contribution in [3.05, 3.63) is 60.8 Å². The summed E-state index contributed by atoms with van der Waals surface area (Å²) in [6, 6.07) is -0.849. The van der Waals surface area contributed by atoms with E-state index in [1.165, 1.54) is 193 Å². The van der Waals surface area contributed by atoms with E-state index in [1.807, 2.05) is 33.3 Å². The molecule has 78 heavy (non-hydrogen) atoms. The van der Waals surface area contributed by atoms with E-state index in [2.05, 4.69) is 74.7 Å². The van der Waals surface area contributed by atoms with Crippen LogP contribution < -0.4 is 5.32 Å². The second-order valence-electron chi connectivity index (χ2n) is 23.6. The maximum Gasteiger partial charge on any atom is 0.472 e. The average Bonchev–Trinajstić information content (AvgIpc) is 3.40. The van der Waals surface area contributed by atoms with E-state index in [0.29, 0.717) is 17.4 Å². The van der Waals surface area contributed by atoms with Crippen molar-refractivity contribution in [2.45, 2.75) is 322 Å². The van der Waals surface area contributed by atoms with Crippen LogP contribution in [-0.2, 0) is 27.9 Å². The molecule has 456 valence electrons. The van der Waals surface area contributed by atoms with Crippen molar-refractivity contribution in [2.75, 3.05) is 40.9 Å². The predicted molar refractivity (Wildman–Crippen MR) is 337 cm³/mol. The van der Waals surface area contributed by atoms with Crippen molar-refractivity contribution < 1.29 is 37.3 Å². The van der Waals surface area contributed by atoms with Gasteiger partial charge in [-0.15, -0.1) is 0 Å². The highest BCUT2D eigenvalue weighted by atomic mass is 31.2. The molecule has 0 rings (SSSR count). The first-order valence-electron chi connectivity index (χ1n) is 33.1. The van der Waals surface area contributed by atoms with Gasteiger partial charge >= 0.3 is 13.8 Å². The lowest BCUT2D eigenvalue weighted by Gasteiger charge is -2.27. The quantitative estimate of drug-likeness (QED) is 0.0205. The van der Waals surface area contributed by atoms with Gasteiger partial charge in [-0.1, -0.05) is 281 Å². The van der Waals surface area contributed by atoms with Crippen LogP contribution in [0.1, 0.15) is 310 Å². The molecule has 0 spiro atoms. The van der Waals surface area contributed by atoms with E-state index in [-0.39, 0.29) is 31.5 Å². The Bertz CT molecular complexity index is 1520. The second kappa shape index (κ2) is 57.9. The molecular formula is C68H128N2O7P+. The van der Waals surface area contributed by atoms with Gasteiger partial charge in [-0.3, -0.25) is 18.6 Å². The van der Waals surface area contributed by atoms with E-state index >= 15 is 0 Å². The maximum absolute atomic E-state index is 13.5. The molecule has 0 saturated heterocycles. The normalized spacial score (nSPS) is 14.0. The summed E-state index contributed by atoms with van der Waals surface area (Å²) in [5, 5.41) is 3.06. The van der Waals surface area contributed by atoms with Gasteiger partial charge in [0.25, 0.3) is 0 Å². The number of hydrogen-bond donors (Lipinski definition) is 2. The summed E-state index contributed by atoms with van der Waals surface area (Å²) in [6.07, 6.45) is 73.6. The van der Waals surface area contributed by atoms with Gasteiger partial charge in [-0.05, 0) is 76.7 Å². The van der Waals surface area contributed by atoms with Crippen molar-refractivity contribution >= 4 is 19.7 Å². The van der Waals surface area contributed by atoms with Crippen LogP contribution in [0.2, 0.25) is 0 Å². The van der Waals surface area contributed by atoms with Crippen molar-refractivity contribution in [1.82, 2.24) is 5.32 Å². The highest BCUT2D eigenvalue weighted by molar-refractivity contribution is 7.47. The number of phosphoric ester groups is 1. The number of nitrogens with one attached hydrogen (secondary N) is 1. The third kappa shape index (κ3) is 58.4. The average molecular weight is 1120 g/mol. The molecule has 0 radical (unpaired) electrons. The van der Waals surface area contributed by atoms with Crippen LogP contribution in [0.15, 0.2) is 60.8 Å². The van der Waals surface area contributed by atoms with Crippen LogP contribution in [0.4, 0.5) is 0 Å². The smallest absolute Gasteiger partial charge is 0.456 e. The third-order valence-corrected chi connectivity index (χ3v) is 15.7. The minimum Gasteiger partial charge on any atom is -0.456 e. The molecule has 0 aliphatic carbocycles. The predicted octanol–water partition coefficient (Wildman–Crippen LogP) is 20.6. The van der Waals surface area contributed by atoms with Crippen molar-refractivity contribution in [1.29, 1.82) is 0 Å². The Kier molecular flexibility index (Phi) is 56.2. The summed E-state index contributed by atoms with van der Waals surface area (Å²) in [6.45, 7) is 7.01. The molecule has 3 atom stereocenters. The first kappa shape index (κ1) is 75.7. The molecule has 10 heteroatoms. The lowest BCUT2D eigenvalue weighted by molar-refractivity contribution is -0.870. The van der Waals surface area contributed by atoms with Crippen LogP contribution >= 0.6 is 7.82 Å². The minimum atomic E-state index is -4.45. The molecule has 0 aliphatic rings. The van der Waals surface area contributed by atoms with Gasteiger partial charge in [0.15, 0.2) is 0 Å². The number of unbranched alkanes of at least 4 members (excludes halogenated alkanes) is 36. The summed E-state index contributed by atoms with van der Waals surface area (Å²) in [5.74, 6) is -0.501. The first-order chi connectivity index (χ1) is 37.9. The molecule has 0 aromatic carbocycles. The Labute approximate surface area is 483 Å². The van der Waals surface area contributed by atoms with Crippen molar-refractivity contribution in [2.24, 2.45) is 0 Å². The summed E-state index contributed by atoms with van der Waals surface area (Å²) in [4.78, 5) is 37.8. The van der Waals surface area contributed by atoms with Gasteiger partial charge in [-0.25, -0.2) is 4.57 Å². The zero-order valence-corrected chi connectivity index (χ0v) is 53.1. The Morgan fingerprint density at radius 1 is 0.449 bits per heavy atom. The fraction of sp³-hybridized carbons (Fsp3) is 0.824. The van der Waals surface area contributed by atoms with E-state index in [1.54, 1.807) is 0 Å². The second-order valence-corrected chi connectivity index (χ2v) is 25.1. The van der Waals surface area contributed by atoms with Gasteiger partial charge in [0.05, 0.1) is 33.8 Å². The first-order valence-corrected chi connectivity index (χ1v) is 34.6. The number of carbonyl (C=O) groups excluding carboxylic acids is 2. The largest absolute Gasteiger partial charge is 0.472 e. The number of quaternary nitrogens is 1. The molecule has 0 aromatic rings. The SMILES string of the molecule is CCCCC/C=C\C/C=C\C/C=C\C/C=C\CCCCCCCCCCCC(=O)OC(/C=C\CCCCCCCCCCCCC)C(COP(=O)(O)OCC[N+](C)(C)C)NC(=O)CCCCCCCCCCCCCCCC. The standard InChI is InChI=1S/C68H127N2O7P/c1-7-10-13-16-19-22-25-28-30-31-32-33-34-35-36-37-38-39-40-43-46-49-52-55-58-61-68(72)77-66(59-56-53-50-47-44-41-27-24-21-18-15-12-9-3)65(64-76-78(73,74)75-63-62-70(4,5)6)69-67(71)60-57-54-51-48-45-42-29-26-23-20-17-14-11-8-2/h19,22,28,30,32-33,35-36,56,59,65-66H,7-18,20-21,23-27,29,31,34,37-55,57-58,60-64H2,1-6H3,(H-,69,71,73,74)/p+1/b22-19-,30-28-,33-32-,36-35-,59-56-. The zero-order valence-electron chi connectivity index (χ0n) is 52.2. The lowest BCUT2D eigenvalue weighted by atomic mass is 10.0. The number of amides is 1.